The summed E-state index contributed by atoms with van der Waals surface area (Å²) in [5.74, 6) is -0.975. The molecular weight excluding hydrogens is 226 g/mol. The Morgan fingerprint density at radius 3 is 2.76 bits per heavy atom. The molecule has 0 spiro atoms. The highest BCUT2D eigenvalue weighted by Gasteiger charge is 2.00. The van der Waals surface area contributed by atoms with Crippen LogP contribution in [0.25, 0.3) is 0 Å². The summed E-state index contributed by atoms with van der Waals surface area (Å²) in [6.07, 6.45) is 1.36. The molecule has 0 aromatic carbocycles. The van der Waals surface area contributed by atoms with Crippen LogP contribution in [0.4, 0.5) is 5.82 Å². The number of carbonyl (C=O) groups is 2. The number of carboxylic acids is 1. The molecule has 1 aromatic heterocycles. The van der Waals surface area contributed by atoms with Crippen LogP contribution in [0.15, 0.2) is 18.3 Å². The zero-order chi connectivity index (χ0) is 12.7. The first-order valence-corrected chi connectivity index (χ1v) is 4.89. The average Bonchev–Trinajstić information content (AvgIpc) is 2.29. The van der Waals surface area contributed by atoms with Gasteiger partial charge in [-0.2, -0.15) is 0 Å². The molecule has 0 saturated carbocycles. The number of amides is 1. The lowest BCUT2D eigenvalue weighted by Gasteiger charge is -2.05. The lowest BCUT2D eigenvalue weighted by atomic mass is 10.3. The number of ether oxygens (including phenoxy) is 1. The predicted octanol–water partition coefficient (Wildman–Crippen LogP) is -0.306. The smallest absolute Gasteiger partial charge is 0.329 e. The Bertz CT molecular complexity index is 391. The summed E-state index contributed by atoms with van der Waals surface area (Å²) in [4.78, 5) is 24.8. The van der Waals surface area contributed by atoms with Gasteiger partial charge in [-0.05, 0) is 12.1 Å². The van der Waals surface area contributed by atoms with Crippen molar-refractivity contribution in [3.63, 3.8) is 0 Å². The number of pyridine rings is 1. The monoisotopic (exact) mass is 239 g/mol. The molecule has 1 rings (SSSR count). The molecule has 0 saturated heterocycles. The fourth-order valence-corrected chi connectivity index (χ4v) is 1.05. The number of nitrogens with two attached hydrogens (primary N) is 1. The van der Waals surface area contributed by atoms with Gasteiger partial charge in [-0.25, -0.2) is 9.78 Å². The average molecular weight is 239 g/mol. The van der Waals surface area contributed by atoms with Gasteiger partial charge >= 0.3 is 5.97 Å². The lowest BCUT2D eigenvalue weighted by Crippen LogP contribution is -2.15. The van der Waals surface area contributed by atoms with Crippen molar-refractivity contribution in [3.05, 3.63) is 23.9 Å². The standard InChI is InChI=1S/C10H13N3O4/c11-10(16)7-1-2-8(13-5-7)12-3-4-17-6-9(14)15/h1-2,5H,3-4,6H2,(H2,11,16)(H,12,13)(H,14,15). The van der Waals surface area contributed by atoms with Crippen LogP contribution in [-0.4, -0.2) is 41.7 Å². The maximum Gasteiger partial charge on any atom is 0.329 e. The third-order valence-electron chi connectivity index (χ3n) is 1.83. The number of hydrogen-bond acceptors (Lipinski definition) is 5. The van der Waals surface area contributed by atoms with Gasteiger partial charge in [0, 0.05) is 12.7 Å². The molecule has 0 aliphatic heterocycles. The van der Waals surface area contributed by atoms with E-state index in [1.54, 1.807) is 12.1 Å². The van der Waals surface area contributed by atoms with Crippen LogP contribution in [0, 0.1) is 0 Å². The minimum atomic E-state index is -1.01. The van der Waals surface area contributed by atoms with Crippen molar-refractivity contribution in [1.29, 1.82) is 0 Å². The number of carbonyl (C=O) groups excluding carboxylic acids is 1. The number of primary amides is 1. The van der Waals surface area contributed by atoms with Gasteiger partial charge in [-0.1, -0.05) is 0 Å². The Morgan fingerprint density at radius 2 is 2.24 bits per heavy atom. The van der Waals surface area contributed by atoms with E-state index in [1.807, 2.05) is 0 Å². The number of aliphatic carboxylic acids is 1. The number of anilines is 1. The molecule has 0 radical (unpaired) electrons. The Hall–Kier alpha value is -2.15. The highest BCUT2D eigenvalue weighted by molar-refractivity contribution is 5.92. The van der Waals surface area contributed by atoms with E-state index in [4.69, 9.17) is 15.6 Å². The molecule has 0 atom stereocenters. The van der Waals surface area contributed by atoms with Crippen molar-refractivity contribution in [3.8, 4) is 0 Å². The van der Waals surface area contributed by atoms with Gasteiger partial charge < -0.3 is 20.9 Å². The van der Waals surface area contributed by atoms with Crippen LogP contribution in [-0.2, 0) is 9.53 Å². The van der Waals surface area contributed by atoms with Gasteiger partial charge in [0.1, 0.15) is 12.4 Å². The van der Waals surface area contributed by atoms with E-state index in [1.165, 1.54) is 6.20 Å². The first-order chi connectivity index (χ1) is 8.09. The Morgan fingerprint density at radius 1 is 1.47 bits per heavy atom. The number of aromatic nitrogens is 1. The first kappa shape index (κ1) is 12.9. The van der Waals surface area contributed by atoms with E-state index in [-0.39, 0.29) is 13.2 Å². The molecule has 7 heteroatoms. The van der Waals surface area contributed by atoms with Crippen molar-refractivity contribution in [2.75, 3.05) is 25.1 Å². The molecule has 0 bridgehead atoms. The third kappa shape index (κ3) is 4.94. The highest BCUT2D eigenvalue weighted by Crippen LogP contribution is 2.03. The summed E-state index contributed by atoms with van der Waals surface area (Å²) in [5, 5.41) is 11.2. The normalized spacial score (nSPS) is 9.88. The van der Waals surface area contributed by atoms with E-state index >= 15 is 0 Å². The van der Waals surface area contributed by atoms with Crippen LogP contribution in [0.3, 0.4) is 0 Å². The molecule has 4 N–H and O–H groups in total. The molecular formula is C10H13N3O4. The molecule has 17 heavy (non-hydrogen) atoms. The number of nitrogens with one attached hydrogen (secondary N) is 1. The van der Waals surface area contributed by atoms with Crippen LogP contribution >= 0.6 is 0 Å². The molecule has 0 unspecified atom stereocenters. The largest absolute Gasteiger partial charge is 0.480 e. The van der Waals surface area contributed by atoms with E-state index in [0.29, 0.717) is 17.9 Å². The van der Waals surface area contributed by atoms with Crippen LogP contribution < -0.4 is 11.1 Å². The second kappa shape index (κ2) is 6.44. The Balaban J connectivity index is 2.27. The van der Waals surface area contributed by atoms with Crippen LogP contribution in [0.5, 0.6) is 0 Å². The quantitative estimate of drug-likeness (QED) is 0.562. The van der Waals surface area contributed by atoms with E-state index in [0.717, 1.165) is 0 Å². The summed E-state index contributed by atoms with van der Waals surface area (Å²) in [6, 6.07) is 3.16. The van der Waals surface area contributed by atoms with Crippen molar-refractivity contribution in [2.45, 2.75) is 0 Å². The predicted molar refractivity (Wildman–Crippen MR) is 59.7 cm³/mol. The first-order valence-electron chi connectivity index (χ1n) is 4.89. The number of nitrogens with zero attached hydrogens (tertiary/aromatic N) is 1. The fraction of sp³-hybridized carbons (Fsp3) is 0.300. The van der Waals surface area contributed by atoms with Crippen LogP contribution in [0.2, 0.25) is 0 Å². The van der Waals surface area contributed by atoms with Crippen molar-refractivity contribution < 1.29 is 19.4 Å². The summed E-state index contributed by atoms with van der Waals surface area (Å²) in [5.41, 5.74) is 5.39. The number of rotatable bonds is 7. The highest BCUT2D eigenvalue weighted by atomic mass is 16.5. The van der Waals surface area contributed by atoms with E-state index < -0.39 is 11.9 Å². The second-order valence-electron chi connectivity index (χ2n) is 3.17. The molecule has 7 nitrogen and oxygen atoms in total. The second-order valence-corrected chi connectivity index (χ2v) is 3.17. The van der Waals surface area contributed by atoms with Gasteiger partial charge in [-0.3, -0.25) is 4.79 Å². The molecule has 0 aliphatic carbocycles. The van der Waals surface area contributed by atoms with Crippen molar-refractivity contribution in [2.24, 2.45) is 5.73 Å². The summed E-state index contributed by atoms with van der Waals surface area (Å²) < 4.78 is 4.81. The maximum atomic E-state index is 10.8. The van der Waals surface area contributed by atoms with Gasteiger partial charge in [0.05, 0.1) is 12.2 Å². The Kier molecular flexibility index (Phi) is 4.89. The Labute approximate surface area is 97.6 Å². The number of carboxylic acid groups (broad SMARTS) is 1. The van der Waals surface area contributed by atoms with Gasteiger partial charge in [0.25, 0.3) is 0 Å². The van der Waals surface area contributed by atoms with Gasteiger partial charge in [-0.15, -0.1) is 0 Å². The minimum Gasteiger partial charge on any atom is -0.480 e. The van der Waals surface area contributed by atoms with E-state index in [9.17, 15) is 9.59 Å². The van der Waals surface area contributed by atoms with Crippen LogP contribution in [0.1, 0.15) is 10.4 Å². The summed E-state index contributed by atoms with van der Waals surface area (Å²) >= 11 is 0. The zero-order valence-electron chi connectivity index (χ0n) is 9.05. The molecule has 1 amide bonds. The summed E-state index contributed by atoms with van der Waals surface area (Å²) in [6.45, 7) is 0.359. The van der Waals surface area contributed by atoms with Gasteiger partial charge in [0.15, 0.2) is 0 Å². The van der Waals surface area contributed by atoms with E-state index in [2.05, 4.69) is 10.3 Å². The minimum absolute atomic E-state index is 0.256. The summed E-state index contributed by atoms with van der Waals surface area (Å²) in [7, 11) is 0. The van der Waals surface area contributed by atoms with Gasteiger partial charge in [0.2, 0.25) is 5.91 Å². The SMILES string of the molecule is NC(=O)c1ccc(NCCOCC(=O)O)nc1. The topological polar surface area (TPSA) is 115 Å². The molecule has 0 fully saturated rings. The molecule has 1 heterocycles. The zero-order valence-corrected chi connectivity index (χ0v) is 9.05. The number of hydrogen-bond donors (Lipinski definition) is 3. The molecule has 0 aliphatic rings. The fourth-order valence-electron chi connectivity index (χ4n) is 1.05. The molecule has 1 aromatic rings. The molecule has 92 valence electrons. The van der Waals surface area contributed by atoms with Crippen molar-refractivity contribution in [1.82, 2.24) is 4.98 Å². The van der Waals surface area contributed by atoms with Crippen molar-refractivity contribution >= 4 is 17.7 Å². The maximum absolute atomic E-state index is 10.8. The lowest BCUT2D eigenvalue weighted by molar-refractivity contribution is -0.142. The third-order valence-corrected chi connectivity index (χ3v) is 1.83.